The van der Waals surface area contributed by atoms with E-state index in [1.807, 2.05) is 24.3 Å². The molecule has 0 aromatic heterocycles. The van der Waals surface area contributed by atoms with Gasteiger partial charge < -0.3 is 15.7 Å². The number of nitrogens with one attached hydrogen (secondary N) is 2. The molecule has 3 N–H and O–H groups in total. The molecule has 2 aliphatic rings. The number of para-hydroxylation sites is 1. The summed E-state index contributed by atoms with van der Waals surface area (Å²) >= 11 is 0. The lowest BCUT2D eigenvalue weighted by molar-refractivity contribution is -0.104. The minimum atomic E-state index is 0.0741. The average molecular weight is 340 g/mol. The molecule has 3 atom stereocenters. The standard InChI is InChI=1S/C21H28N2O2/c1-21(9-4-11-22-12-10-21)13-18(17-5-2-3-6-20(17)25)19-8-7-16(15-24)14-23-19/h2-3,5-8,14-15,18-19,22-23,25H,4,9-13H2,1H3/t18?,19?,21-/m1/s1. The molecule has 25 heavy (non-hydrogen) atoms. The number of phenols is 1. The number of aldehydes is 1. The zero-order chi connectivity index (χ0) is 17.7. The van der Waals surface area contributed by atoms with Gasteiger partial charge in [0, 0.05) is 17.7 Å². The van der Waals surface area contributed by atoms with Crippen LogP contribution in [-0.2, 0) is 4.79 Å². The Morgan fingerprint density at radius 2 is 2.16 bits per heavy atom. The van der Waals surface area contributed by atoms with Crippen molar-refractivity contribution in [3.8, 4) is 5.75 Å². The maximum atomic E-state index is 11.0. The molecule has 1 aromatic carbocycles. The van der Waals surface area contributed by atoms with Crippen molar-refractivity contribution in [2.24, 2.45) is 5.41 Å². The van der Waals surface area contributed by atoms with Gasteiger partial charge in [0.15, 0.2) is 6.29 Å². The van der Waals surface area contributed by atoms with Gasteiger partial charge in [-0.25, -0.2) is 0 Å². The third-order valence-electron chi connectivity index (χ3n) is 5.60. The second kappa shape index (κ2) is 7.87. The minimum absolute atomic E-state index is 0.0741. The maximum Gasteiger partial charge on any atom is 0.151 e. The molecule has 0 saturated carbocycles. The van der Waals surface area contributed by atoms with Crippen molar-refractivity contribution in [3.05, 3.63) is 53.8 Å². The van der Waals surface area contributed by atoms with Crippen LogP contribution >= 0.6 is 0 Å². The Kier molecular flexibility index (Phi) is 5.59. The van der Waals surface area contributed by atoms with E-state index >= 15 is 0 Å². The summed E-state index contributed by atoms with van der Waals surface area (Å²) in [5.74, 6) is 0.508. The minimum Gasteiger partial charge on any atom is -0.508 e. The first-order chi connectivity index (χ1) is 12.1. The Morgan fingerprint density at radius 1 is 1.32 bits per heavy atom. The normalized spacial score (nSPS) is 27.7. The van der Waals surface area contributed by atoms with Crippen LogP contribution in [0.5, 0.6) is 5.75 Å². The molecule has 0 amide bonds. The van der Waals surface area contributed by atoms with Crippen LogP contribution in [0.15, 0.2) is 48.2 Å². The van der Waals surface area contributed by atoms with E-state index in [-0.39, 0.29) is 17.4 Å². The first-order valence-corrected chi connectivity index (χ1v) is 9.19. The fourth-order valence-electron chi connectivity index (χ4n) is 4.08. The number of carbonyl (C=O) groups excluding carboxylic acids is 1. The van der Waals surface area contributed by atoms with Crippen LogP contribution in [0.4, 0.5) is 0 Å². The van der Waals surface area contributed by atoms with E-state index in [0.29, 0.717) is 11.3 Å². The molecule has 0 spiro atoms. The highest BCUT2D eigenvalue weighted by Crippen LogP contribution is 2.43. The predicted octanol–water partition coefficient (Wildman–Crippen LogP) is 3.26. The summed E-state index contributed by atoms with van der Waals surface area (Å²) in [5, 5.41) is 17.3. The summed E-state index contributed by atoms with van der Waals surface area (Å²) < 4.78 is 0. The van der Waals surface area contributed by atoms with Crippen LogP contribution < -0.4 is 10.6 Å². The van der Waals surface area contributed by atoms with Crippen molar-refractivity contribution in [1.82, 2.24) is 10.6 Å². The first kappa shape index (κ1) is 17.7. The van der Waals surface area contributed by atoms with Crippen LogP contribution in [0.1, 0.15) is 44.1 Å². The van der Waals surface area contributed by atoms with Crippen molar-refractivity contribution >= 4 is 6.29 Å². The van der Waals surface area contributed by atoms with E-state index in [9.17, 15) is 9.90 Å². The Hall–Kier alpha value is -2.07. The van der Waals surface area contributed by atoms with E-state index in [2.05, 4.69) is 23.6 Å². The number of benzene rings is 1. The molecule has 0 aliphatic carbocycles. The molecule has 1 fully saturated rings. The summed E-state index contributed by atoms with van der Waals surface area (Å²) in [5.41, 5.74) is 1.86. The van der Waals surface area contributed by atoms with Gasteiger partial charge in [-0.2, -0.15) is 0 Å². The summed E-state index contributed by atoms with van der Waals surface area (Å²) in [6, 6.07) is 7.70. The molecule has 0 bridgehead atoms. The highest BCUT2D eigenvalue weighted by molar-refractivity contribution is 5.77. The van der Waals surface area contributed by atoms with Gasteiger partial charge in [0.05, 0.1) is 6.04 Å². The molecule has 1 aromatic rings. The van der Waals surface area contributed by atoms with Crippen molar-refractivity contribution < 1.29 is 9.90 Å². The molecule has 2 aliphatic heterocycles. The second-order valence-corrected chi connectivity index (χ2v) is 7.60. The molecular weight excluding hydrogens is 312 g/mol. The highest BCUT2D eigenvalue weighted by Gasteiger charge is 2.34. The molecular formula is C21H28N2O2. The number of aromatic hydroxyl groups is 1. The van der Waals surface area contributed by atoms with Gasteiger partial charge in [-0.3, -0.25) is 4.79 Å². The molecule has 0 radical (unpaired) electrons. The Bertz CT molecular complexity index is 658. The van der Waals surface area contributed by atoms with E-state index in [0.717, 1.165) is 37.8 Å². The van der Waals surface area contributed by atoms with Crippen LogP contribution in [0.3, 0.4) is 0 Å². The molecule has 4 heteroatoms. The molecule has 2 heterocycles. The van der Waals surface area contributed by atoms with Gasteiger partial charge in [-0.05, 0) is 55.8 Å². The molecule has 1 saturated heterocycles. The number of hydrogen-bond donors (Lipinski definition) is 3. The van der Waals surface area contributed by atoms with Crippen molar-refractivity contribution in [1.29, 1.82) is 0 Å². The van der Waals surface area contributed by atoms with E-state index in [1.54, 1.807) is 12.3 Å². The lowest BCUT2D eigenvalue weighted by Crippen LogP contribution is -2.35. The number of rotatable bonds is 5. The fraction of sp³-hybridized carbons (Fsp3) is 0.476. The lowest BCUT2D eigenvalue weighted by Gasteiger charge is -2.36. The Morgan fingerprint density at radius 3 is 2.88 bits per heavy atom. The number of hydrogen-bond acceptors (Lipinski definition) is 4. The number of carbonyl (C=O) groups is 1. The van der Waals surface area contributed by atoms with Gasteiger partial charge in [0.25, 0.3) is 0 Å². The van der Waals surface area contributed by atoms with Crippen molar-refractivity contribution in [2.45, 2.75) is 44.6 Å². The molecule has 2 unspecified atom stereocenters. The van der Waals surface area contributed by atoms with Crippen LogP contribution in [0, 0.1) is 5.41 Å². The zero-order valence-corrected chi connectivity index (χ0v) is 14.9. The van der Waals surface area contributed by atoms with E-state index in [1.165, 1.54) is 12.8 Å². The van der Waals surface area contributed by atoms with Crippen LogP contribution in [0.25, 0.3) is 0 Å². The summed E-state index contributed by atoms with van der Waals surface area (Å²) in [6.45, 7) is 4.50. The fourth-order valence-corrected chi connectivity index (χ4v) is 4.08. The van der Waals surface area contributed by atoms with Gasteiger partial charge >= 0.3 is 0 Å². The third kappa shape index (κ3) is 4.31. The largest absolute Gasteiger partial charge is 0.508 e. The maximum absolute atomic E-state index is 11.0. The van der Waals surface area contributed by atoms with Gasteiger partial charge in [0.2, 0.25) is 0 Å². The summed E-state index contributed by atoms with van der Waals surface area (Å²) in [4.78, 5) is 11.0. The summed E-state index contributed by atoms with van der Waals surface area (Å²) in [6.07, 6.45) is 11.1. The van der Waals surface area contributed by atoms with E-state index in [4.69, 9.17) is 0 Å². The van der Waals surface area contributed by atoms with Crippen molar-refractivity contribution in [2.75, 3.05) is 13.1 Å². The monoisotopic (exact) mass is 340 g/mol. The molecule has 134 valence electrons. The highest BCUT2D eigenvalue weighted by atomic mass is 16.3. The topological polar surface area (TPSA) is 61.4 Å². The number of dihydropyridines is 1. The first-order valence-electron chi connectivity index (χ1n) is 9.19. The number of allylic oxidation sites excluding steroid dienone is 2. The summed E-state index contributed by atoms with van der Waals surface area (Å²) in [7, 11) is 0. The van der Waals surface area contributed by atoms with Gasteiger partial charge in [-0.15, -0.1) is 0 Å². The average Bonchev–Trinajstić information content (AvgIpc) is 2.85. The smallest absolute Gasteiger partial charge is 0.151 e. The molecule has 4 nitrogen and oxygen atoms in total. The van der Waals surface area contributed by atoms with E-state index < -0.39 is 0 Å². The van der Waals surface area contributed by atoms with Crippen LogP contribution in [-0.4, -0.2) is 30.5 Å². The third-order valence-corrected chi connectivity index (χ3v) is 5.60. The predicted molar refractivity (Wildman–Crippen MR) is 101 cm³/mol. The Balaban J connectivity index is 1.87. The quantitative estimate of drug-likeness (QED) is 0.720. The lowest BCUT2D eigenvalue weighted by atomic mass is 9.71. The number of phenolic OH excluding ortho intramolecular Hbond substituents is 1. The van der Waals surface area contributed by atoms with Crippen LogP contribution in [0.2, 0.25) is 0 Å². The molecule has 3 rings (SSSR count). The second-order valence-electron chi connectivity index (χ2n) is 7.60. The zero-order valence-electron chi connectivity index (χ0n) is 14.9. The van der Waals surface area contributed by atoms with Gasteiger partial charge in [0.1, 0.15) is 5.75 Å². The SMILES string of the molecule is C[C@@]1(CC(c2ccccc2O)C2C=CC(C=O)=CN2)CCCNCC1. The van der Waals surface area contributed by atoms with Crippen molar-refractivity contribution in [3.63, 3.8) is 0 Å². The van der Waals surface area contributed by atoms with Gasteiger partial charge in [-0.1, -0.05) is 37.3 Å². The Labute approximate surface area is 150 Å².